The van der Waals surface area contributed by atoms with E-state index in [1.165, 1.54) is 6.08 Å². The molecular formula is C12H18N2O2. The first kappa shape index (κ1) is 12.5. The normalized spacial score (nSPS) is 12.9. The van der Waals surface area contributed by atoms with Crippen LogP contribution in [0.5, 0.6) is 0 Å². The van der Waals surface area contributed by atoms with Crippen molar-refractivity contribution in [2.45, 2.75) is 25.8 Å². The van der Waals surface area contributed by atoms with Crippen LogP contribution in [0, 0.1) is 0 Å². The van der Waals surface area contributed by atoms with Gasteiger partial charge in [0, 0.05) is 18.7 Å². The second-order valence-electron chi connectivity index (χ2n) is 3.58. The van der Waals surface area contributed by atoms with E-state index >= 15 is 0 Å². The zero-order valence-electron chi connectivity index (χ0n) is 9.48. The van der Waals surface area contributed by atoms with E-state index in [1.54, 1.807) is 24.5 Å². The summed E-state index contributed by atoms with van der Waals surface area (Å²) < 4.78 is 5.07. The lowest BCUT2D eigenvalue weighted by molar-refractivity contribution is -0.117. The third-order valence-corrected chi connectivity index (χ3v) is 2.21. The SMILES string of the molecule is CCCC(CN)NC(=O)C=Cc1ccco1. The summed E-state index contributed by atoms with van der Waals surface area (Å²) in [5.74, 6) is 0.523. The lowest BCUT2D eigenvalue weighted by atomic mass is 10.1. The molecule has 0 bridgehead atoms. The molecule has 16 heavy (non-hydrogen) atoms. The largest absolute Gasteiger partial charge is 0.465 e. The second-order valence-corrected chi connectivity index (χ2v) is 3.58. The molecule has 88 valence electrons. The predicted molar refractivity (Wildman–Crippen MR) is 63.6 cm³/mol. The van der Waals surface area contributed by atoms with E-state index in [2.05, 4.69) is 12.2 Å². The van der Waals surface area contributed by atoms with Gasteiger partial charge in [-0.15, -0.1) is 0 Å². The standard InChI is InChI=1S/C12H18N2O2/c1-2-4-10(9-13)14-12(15)7-6-11-5-3-8-16-11/h3,5-8,10H,2,4,9,13H2,1H3,(H,14,15). The lowest BCUT2D eigenvalue weighted by Crippen LogP contribution is -2.39. The van der Waals surface area contributed by atoms with Gasteiger partial charge in [0.05, 0.1) is 6.26 Å². The fraction of sp³-hybridized carbons (Fsp3) is 0.417. The predicted octanol–water partition coefficient (Wildman–Crippen LogP) is 1.54. The molecule has 4 nitrogen and oxygen atoms in total. The summed E-state index contributed by atoms with van der Waals surface area (Å²) in [7, 11) is 0. The van der Waals surface area contributed by atoms with Crippen molar-refractivity contribution in [1.82, 2.24) is 5.32 Å². The number of furan rings is 1. The Morgan fingerprint density at radius 2 is 2.50 bits per heavy atom. The van der Waals surface area contributed by atoms with Gasteiger partial charge in [0.15, 0.2) is 0 Å². The van der Waals surface area contributed by atoms with E-state index in [-0.39, 0.29) is 11.9 Å². The van der Waals surface area contributed by atoms with Crippen molar-refractivity contribution >= 4 is 12.0 Å². The van der Waals surface area contributed by atoms with Crippen LogP contribution < -0.4 is 11.1 Å². The van der Waals surface area contributed by atoms with Gasteiger partial charge in [-0.05, 0) is 24.6 Å². The molecule has 1 rings (SSSR count). The Balaban J connectivity index is 2.40. The van der Waals surface area contributed by atoms with Crippen molar-refractivity contribution in [3.05, 3.63) is 30.2 Å². The van der Waals surface area contributed by atoms with Gasteiger partial charge < -0.3 is 15.5 Å². The summed E-state index contributed by atoms with van der Waals surface area (Å²) in [6.07, 6.45) is 6.56. The Morgan fingerprint density at radius 3 is 3.06 bits per heavy atom. The molecule has 4 heteroatoms. The lowest BCUT2D eigenvalue weighted by Gasteiger charge is -2.13. The molecule has 0 radical (unpaired) electrons. The average molecular weight is 222 g/mol. The van der Waals surface area contributed by atoms with Gasteiger partial charge in [0.1, 0.15) is 5.76 Å². The molecule has 0 fully saturated rings. The van der Waals surface area contributed by atoms with Crippen molar-refractivity contribution in [2.24, 2.45) is 5.73 Å². The molecule has 0 aliphatic rings. The first-order chi connectivity index (χ1) is 7.76. The number of carbonyl (C=O) groups is 1. The van der Waals surface area contributed by atoms with Gasteiger partial charge in [-0.2, -0.15) is 0 Å². The number of rotatable bonds is 6. The van der Waals surface area contributed by atoms with Crippen LogP contribution in [0.25, 0.3) is 6.08 Å². The molecule has 1 unspecified atom stereocenters. The average Bonchev–Trinajstić information content (AvgIpc) is 2.78. The third kappa shape index (κ3) is 4.31. The van der Waals surface area contributed by atoms with Crippen molar-refractivity contribution in [2.75, 3.05) is 6.54 Å². The quantitative estimate of drug-likeness (QED) is 0.717. The Labute approximate surface area is 95.5 Å². The van der Waals surface area contributed by atoms with Gasteiger partial charge in [0.25, 0.3) is 0 Å². The summed E-state index contributed by atoms with van der Waals surface area (Å²) in [6, 6.07) is 3.62. The van der Waals surface area contributed by atoms with Crippen LogP contribution in [-0.4, -0.2) is 18.5 Å². The number of amides is 1. The fourth-order valence-electron chi connectivity index (χ4n) is 1.39. The van der Waals surface area contributed by atoms with E-state index in [1.807, 2.05) is 0 Å². The summed E-state index contributed by atoms with van der Waals surface area (Å²) in [4.78, 5) is 11.5. The Kier molecular flexibility index (Phi) is 5.36. The highest BCUT2D eigenvalue weighted by atomic mass is 16.3. The van der Waals surface area contributed by atoms with E-state index < -0.39 is 0 Å². The van der Waals surface area contributed by atoms with Crippen LogP contribution in [0.4, 0.5) is 0 Å². The fourth-order valence-corrected chi connectivity index (χ4v) is 1.39. The van der Waals surface area contributed by atoms with E-state index in [9.17, 15) is 4.79 Å². The number of hydrogen-bond donors (Lipinski definition) is 2. The van der Waals surface area contributed by atoms with Gasteiger partial charge in [-0.1, -0.05) is 13.3 Å². The second kappa shape index (κ2) is 6.85. The summed E-state index contributed by atoms with van der Waals surface area (Å²) in [5, 5.41) is 2.84. The van der Waals surface area contributed by atoms with Crippen molar-refractivity contribution in [3.63, 3.8) is 0 Å². The maximum atomic E-state index is 11.5. The van der Waals surface area contributed by atoms with Crippen molar-refractivity contribution in [1.29, 1.82) is 0 Å². The van der Waals surface area contributed by atoms with Crippen LogP contribution in [0.1, 0.15) is 25.5 Å². The van der Waals surface area contributed by atoms with E-state index in [4.69, 9.17) is 10.2 Å². The number of nitrogens with two attached hydrogens (primary N) is 1. The molecule has 0 saturated heterocycles. The molecule has 3 N–H and O–H groups in total. The Morgan fingerprint density at radius 1 is 1.69 bits per heavy atom. The van der Waals surface area contributed by atoms with Crippen LogP contribution in [0.15, 0.2) is 28.9 Å². The third-order valence-electron chi connectivity index (χ3n) is 2.21. The molecule has 1 amide bonds. The number of hydrogen-bond acceptors (Lipinski definition) is 3. The molecule has 1 aromatic heterocycles. The van der Waals surface area contributed by atoms with E-state index in [0.717, 1.165) is 12.8 Å². The van der Waals surface area contributed by atoms with Crippen LogP contribution in [0.2, 0.25) is 0 Å². The van der Waals surface area contributed by atoms with Crippen LogP contribution in [-0.2, 0) is 4.79 Å². The van der Waals surface area contributed by atoms with Crippen LogP contribution in [0.3, 0.4) is 0 Å². The molecule has 1 atom stereocenters. The monoisotopic (exact) mass is 222 g/mol. The van der Waals surface area contributed by atoms with Gasteiger partial charge >= 0.3 is 0 Å². The maximum Gasteiger partial charge on any atom is 0.244 e. The summed E-state index contributed by atoms with van der Waals surface area (Å²) in [6.45, 7) is 2.53. The van der Waals surface area contributed by atoms with Crippen molar-refractivity contribution < 1.29 is 9.21 Å². The topological polar surface area (TPSA) is 68.3 Å². The highest BCUT2D eigenvalue weighted by Crippen LogP contribution is 2.02. The van der Waals surface area contributed by atoms with Gasteiger partial charge in [-0.3, -0.25) is 4.79 Å². The molecule has 0 saturated carbocycles. The first-order valence-corrected chi connectivity index (χ1v) is 5.48. The highest BCUT2D eigenvalue weighted by molar-refractivity contribution is 5.91. The minimum absolute atomic E-state index is 0.0544. The first-order valence-electron chi connectivity index (χ1n) is 5.48. The smallest absolute Gasteiger partial charge is 0.244 e. The van der Waals surface area contributed by atoms with Gasteiger partial charge in [0.2, 0.25) is 5.91 Å². The molecule has 0 spiro atoms. The van der Waals surface area contributed by atoms with Crippen LogP contribution >= 0.6 is 0 Å². The molecule has 0 aliphatic heterocycles. The number of nitrogens with one attached hydrogen (secondary N) is 1. The molecule has 1 aromatic rings. The zero-order chi connectivity index (χ0) is 11.8. The maximum absolute atomic E-state index is 11.5. The molecule has 1 heterocycles. The highest BCUT2D eigenvalue weighted by Gasteiger charge is 2.06. The van der Waals surface area contributed by atoms with E-state index in [0.29, 0.717) is 12.3 Å². The molecular weight excluding hydrogens is 204 g/mol. The zero-order valence-corrected chi connectivity index (χ0v) is 9.48. The molecule has 0 aliphatic carbocycles. The van der Waals surface area contributed by atoms with Crippen molar-refractivity contribution in [3.8, 4) is 0 Å². The van der Waals surface area contributed by atoms with Gasteiger partial charge in [-0.25, -0.2) is 0 Å². The Hall–Kier alpha value is -1.55. The minimum atomic E-state index is -0.139. The Bertz CT molecular complexity index is 331. The summed E-state index contributed by atoms with van der Waals surface area (Å²) >= 11 is 0. The summed E-state index contributed by atoms with van der Waals surface area (Å²) in [5.41, 5.74) is 5.54. The minimum Gasteiger partial charge on any atom is -0.465 e. The number of carbonyl (C=O) groups excluding carboxylic acids is 1. The molecule has 0 aromatic carbocycles.